The molecule has 0 bridgehead atoms. The lowest BCUT2D eigenvalue weighted by molar-refractivity contribution is -0.149. The van der Waals surface area contributed by atoms with E-state index >= 15 is 0 Å². The summed E-state index contributed by atoms with van der Waals surface area (Å²) >= 11 is 0. The first-order chi connectivity index (χ1) is 15.6. The van der Waals surface area contributed by atoms with E-state index in [4.69, 9.17) is 9.16 Å². The van der Waals surface area contributed by atoms with E-state index in [1.807, 2.05) is 18.2 Å². The molecule has 3 nitrogen and oxygen atoms in total. The molecular formula is C29H40O3Si. The highest BCUT2D eigenvalue weighted by Crippen LogP contribution is 2.48. The van der Waals surface area contributed by atoms with Crippen LogP contribution in [0.3, 0.4) is 0 Å². The summed E-state index contributed by atoms with van der Waals surface area (Å²) in [4.78, 5) is 13.6. The SMILES string of the molecule is CCC/C=C(\O[Si](C)(C)C(C)(C)C)C(=O)O[C@@H]1CCCC1(c1ccccc1)c1ccccc1. The summed E-state index contributed by atoms with van der Waals surface area (Å²) in [6, 6.07) is 21.0. The lowest BCUT2D eigenvalue weighted by Gasteiger charge is -2.38. The van der Waals surface area contributed by atoms with Crippen LogP contribution >= 0.6 is 0 Å². The Bertz CT molecular complexity index is 902. The van der Waals surface area contributed by atoms with E-state index in [2.05, 4.69) is 89.3 Å². The van der Waals surface area contributed by atoms with Crippen molar-refractivity contribution in [3.8, 4) is 0 Å². The van der Waals surface area contributed by atoms with Gasteiger partial charge in [0.15, 0.2) is 5.76 Å². The summed E-state index contributed by atoms with van der Waals surface area (Å²) in [5, 5.41) is 0.00375. The summed E-state index contributed by atoms with van der Waals surface area (Å²) in [5.74, 6) is 0.0711. The Balaban J connectivity index is 1.96. The summed E-state index contributed by atoms with van der Waals surface area (Å²) in [6.07, 6.45) is 6.27. The van der Waals surface area contributed by atoms with Crippen LogP contribution in [-0.2, 0) is 19.4 Å². The number of hydrogen-bond donors (Lipinski definition) is 0. The molecule has 1 atom stereocenters. The normalized spacial score (nSPS) is 18.7. The van der Waals surface area contributed by atoms with Gasteiger partial charge < -0.3 is 9.16 Å². The van der Waals surface area contributed by atoms with E-state index in [0.29, 0.717) is 5.76 Å². The van der Waals surface area contributed by atoms with Crippen LogP contribution in [0.4, 0.5) is 0 Å². The Morgan fingerprint density at radius 1 is 1.03 bits per heavy atom. The zero-order chi connectivity index (χ0) is 24.1. The number of esters is 1. The highest BCUT2D eigenvalue weighted by Gasteiger charge is 2.49. The van der Waals surface area contributed by atoms with Gasteiger partial charge in [0.25, 0.3) is 8.32 Å². The molecule has 0 aliphatic heterocycles. The number of carbonyl (C=O) groups excluding carboxylic acids is 1. The minimum atomic E-state index is -2.17. The average molecular weight is 465 g/mol. The molecule has 2 aromatic rings. The first-order valence-corrected chi connectivity index (χ1v) is 15.2. The number of benzene rings is 2. The van der Waals surface area contributed by atoms with Crippen molar-refractivity contribution in [3.05, 3.63) is 83.6 Å². The second-order valence-electron chi connectivity index (χ2n) is 10.7. The molecule has 1 aliphatic rings. The highest BCUT2D eigenvalue weighted by atomic mass is 28.4. The molecule has 1 fully saturated rings. The van der Waals surface area contributed by atoms with Crippen LogP contribution in [-0.4, -0.2) is 20.4 Å². The van der Waals surface area contributed by atoms with Gasteiger partial charge >= 0.3 is 5.97 Å². The van der Waals surface area contributed by atoms with Crippen LogP contribution in [0.2, 0.25) is 18.1 Å². The summed E-state index contributed by atoms with van der Waals surface area (Å²) in [5.41, 5.74) is 2.07. The summed E-state index contributed by atoms with van der Waals surface area (Å²) < 4.78 is 12.8. The van der Waals surface area contributed by atoms with Gasteiger partial charge in [0.1, 0.15) is 6.10 Å². The molecule has 1 saturated carbocycles. The topological polar surface area (TPSA) is 35.5 Å². The van der Waals surface area contributed by atoms with E-state index in [1.54, 1.807) is 0 Å². The van der Waals surface area contributed by atoms with Gasteiger partial charge in [0, 0.05) is 0 Å². The fourth-order valence-electron chi connectivity index (χ4n) is 4.49. The van der Waals surface area contributed by atoms with Crippen molar-refractivity contribution in [2.75, 3.05) is 0 Å². The molecule has 0 radical (unpaired) electrons. The minimum Gasteiger partial charge on any atom is -0.539 e. The van der Waals surface area contributed by atoms with Crippen LogP contribution in [0.15, 0.2) is 72.5 Å². The van der Waals surface area contributed by atoms with Crippen molar-refractivity contribution in [2.45, 2.75) is 89.5 Å². The van der Waals surface area contributed by atoms with Crippen molar-refractivity contribution in [1.29, 1.82) is 0 Å². The van der Waals surface area contributed by atoms with Gasteiger partial charge in [-0.1, -0.05) is 94.8 Å². The van der Waals surface area contributed by atoms with Gasteiger partial charge in [-0.2, -0.15) is 0 Å². The van der Waals surface area contributed by atoms with Crippen LogP contribution in [0, 0.1) is 0 Å². The molecule has 0 saturated heterocycles. The quantitative estimate of drug-likeness (QED) is 0.173. The van der Waals surface area contributed by atoms with Gasteiger partial charge in [-0.25, -0.2) is 4.79 Å². The van der Waals surface area contributed by atoms with Crippen LogP contribution in [0.1, 0.15) is 70.9 Å². The van der Waals surface area contributed by atoms with E-state index in [9.17, 15) is 4.79 Å². The monoisotopic (exact) mass is 464 g/mol. The van der Waals surface area contributed by atoms with E-state index in [1.165, 1.54) is 11.1 Å². The standard InChI is InChI=1S/C29H40O3Si/c1-7-8-20-25(32-33(5,6)28(2,3)4)27(30)31-26-21-15-22-29(26,23-16-11-9-12-17-23)24-18-13-10-14-19-24/h9-14,16-20,26H,7-8,15,21-22H2,1-6H3/b25-20-/t26-/m1/s1. The zero-order valence-corrected chi connectivity index (χ0v) is 22.2. The molecule has 0 aromatic heterocycles. The van der Waals surface area contributed by atoms with E-state index in [0.717, 1.165) is 32.1 Å². The second kappa shape index (κ2) is 10.3. The molecule has 0 amide bonds. The fraction of sp³-hybridized carbons (Fsp3) is 0.483. The maximum Gasteiger partial charge on any atom is 0.372 e. The molecule has 4 heteroatoms. The Kier molecular flexibility index (Phi) is 7.89. The third-order valence-electron chi connectivity index (χ3n) is 7.41. The highest BCUT2D eigenvalue weighted by molar-refractivity contribution is 6.74. The zero-order valence-electron chi connectivity index (χ0n) is 21.2. The molecule has 0 heterocycles. The molecule has 0 unspecified atom stereocenters. The van der Waals surface area contributed by atoms with Crippen molar-refractivity contribution >= 4 is 14.3 Å². The van der Waals surface area contributed by atoms with Gasteiger partial charge in [0.05, 0.1) is 5.41 Å². The van der Waals surface area contributed by atoms with Crippen LogP contribution < -0.4 is 0 Å². The maximum absolute atomic E-state index is 13.6. The third-order valence-corrected chi connectivity index (χ3v) is 11.7. The number of rotatable bonds is 8. The second-order valence-corrected chi connectivity index (χ2v) is 15.4. The molecular weight excluding hydrogens is 424 g/mol. The molecule has 0 N–H and O–H groups in total. The van der Waals surface area contributed by atoms with Crippen LogP contribution in [0.5, 0.6) is 0 Å². The minimum absolute atomic E-state index is 0.00375. The fourth-order valence-corrected chi connectivity index (χ4v) is 5.51. The van der Waals surface area contributed by atoms with Crippen LogP contribution in [0.25, 0.3) is 0 Å². The smallest absolute Gasteiger partial charge is 0.372 e. The molecule has 33 heavy (non-hydrogen) atoms. The predicted octanol–water partition coefficient (Wildman–Crippen LogP) is 7.77. The third kappa shape index (κ3) is 5.43. The Labute approximate surface area is 201 Å². The average Bonchev–Trinajstić information content (AvgIpc) is 3.21. The van der Waals surface area contributed by atoms with Gasteiger partial charge in [-0.05, 0) is 61.0 Å². The Morgan fingerprint density at radius 2 is 1.58 bits per heavy atom. The van der Waals surface area contributed by atoms with Crippen molar-refractivity contribution in [2.24, 2.45) is 0 Å². The number of allylic oxidation sites excluding steroid dienone is 1. The van der Waals surface area contributed by atoms with Gasteiger partial charge in [0.2, 0.25) is 0 Å². The number of hydrogen-bond acceptors (Lipinski definition) is 3. The van der Waals surface area contributed by atoms with E-state index < -0.39 is 8.32 Å². The van der Waals surface area contributed by atoms with Crippen molar-refractivity contribution in [1.82, 2.24) is 0 Å². The van der Waals surface area contributed by atoms with Crippen molar-refractivity contribution < 1.29 is 14.0 Å². The predicted molar refractivity (Wildman–Crippen MR) is 139 cm³/mol. The molecule has 178 valence electrons. The van der Waals surface area contributed by atoms with Gasteiger partial charge in [-0.3, -0.25) is 0 Å². The first-order valence-electron chi connectivity index (χ1n) is 12.3. The summed E-state index contributed by atoms with van der Waals surface area (Å²) in [6.45, 7) is 13.0. The molecule has 0 spiro atoms. The lowest BCUT2D eigenvalue weighted by atomic mass is 9.71. The van der Waals surface area contributed by atoms with Crippen molar-refractivity contribution in [3.63, 3.8) is 0 Å². The maximum atomic E-state index is 13.6. The summed E-state index contributed by atoms with van der Waals surface area (Å²) in [7, 11) is -2.17. The number of carbonyl (C=O) groups is 1. The number of ether oxygens (including phenoxy) is 1. The first kappa shape index (κ1) is 25.3. The molecule has 1 aliphatic carbocycles. The molecule has 2 aromatic carbocycles. The lowest BCUT2D eigenvalue weighted by Crippen LogP contribution is -2.43. The number of unbranched alkanes of at least 4 members (excludes halogenated alkanes) is 1. The Hall–Kier alpha value is -2.33. The Morgan fingerprint density at radius 3 is 2.06 bits per heavy atom. The van der Waals surface area contributed by atoms with Gasteiger partial charge in [-0.15, -0.1) is 0 Å². The molecule has 3 rings (SSSR count). The van der Waals surface area contributed by atoms with E-state index in [-0.39, 0.29) is 22.5 Å². The largest absolute Gasteiger partial charge is 0.539 e.